The summed E-state index contributed by atoms with van der Waals surface area (Å²) in [6.07, 6.45) is 5.78. The van der Waals surface area contributed by atoms with Crippen LogP contribution in [0.4, 0.5) is 4.39 Å². The van der Waals surface area contributed by atoms with Crippen LogP contribution in [-0.2, 0) is 14.9 Å². The number of benzene rings is 3. The van der Waals surface area contributed by atoms with Gasteiger partial charge in [0.1, 0.15) is 5.82 Å². The molecular formula is C35H43FN2O3. The van der Waals surface area contributed by atoms with Gasteiger partial charge in [-0.1, -0.05) is 74.5 Å². The lowest BCUT2D eigenvalue weighted by Gasteiger charge is -2.35. The van der Waals surface area contributed by atoms with E-state index in [1.54, 1.807) is 12.1 Å². The number of halogens is 1. The lowest BCUT2D eigenvalue weighted by Crippen LogP contribution is -2.45. The number of amides is 1. The first kappa shape index (κ1) is 30.4. The monoisotopic (exact) mass is 558 g/mol. The van der Waals surface area contributed by atoms with Gasteiger partial charge >= 0.3 is 5.97 Å². The van der Waals surface area contributed by atoms with Crippen molar-refractivity contribution in [2.75, 3.05) is 26.2 Å². The molecule has 1 saturated heterocycles. The first-order valence-electron chi connectivity index (χ1n) is 15.0. The molecule has 3 aromatic rings. The molecule has 0 saturated carbocycles. The van der Waals surface area contributed by atoms with Crippen molar-refractivity contribution < 1.29 is 18.7 Å². The number of rotatable bonds is 13. The first-order valence-corrected chi connectivity index (χ1v) is 15.0. The summed E-state index contributed by atoms with van der Waals surface area (Å²) in [5, 5.41) is 3.22. The van der Waals surface area contributed by atoms with Gasteiger partial charge in [0.05, 0.1) is 13.0 Å². The van der Waals surface area contributed by atoms with Crippen LogP contribution in [0.1, 0.15) is 74.7 Å². The minimum atomic E-state index is -0.318. The molecule has 1 aliphatic rings. The Morgan fingerprint density at radius 1 is 0.976 bits per heavy atom. The molecule has 1 heterocycles. The van der Waals surface area contributed by atoms with Gasteiger partial charge in [0.15, 0.2) is 0 Å². The summed E-state index contributed by atoms with van der Waals surface area (Å²) in [6, 6.07) is 24.2. The summed E-state index contributed by atoms with van der Waals surface area (Å²) in [7, 11) is 0. The molecule has 1 aliphatic heterocycles. The van der Waals surface area contributed by atoms with Crippen molar-refractivity contribution in [3.8, 4) is 11.1 Å². The Labute approximate surface area is 244 Å². The summed E-state index contributed by atoms with van der Waals surface area (Å²) in [6.45, 7) is 7.44. The van der Waals surface area contributed by atoms with Crippen LogP contribution in [-0.4, -0.2) is 49.1 Å². The maximum absolute atomic E-state index is 13.8. The Morgan fingerprint density at radius 2 is 1.71 bits per heavy atom. The van der Waals surface area contributed by atoms with Crippen LogP contribution in [0.2, 0.25) is 0 Å². The highest BCUT2D eigenvalue weighted by Crippen LogP contribution is 2.37. The average Bonchev–Trinajstić information content (AvgIpc) is 3.00. The summed E-state index contributed by atoms with van der Waals surface area (Å²) in [4.78, 5) is 28.4. The zero-order chi connectivity index (χ0) is 29.1. The van der Waals surface area contributed by atoms with Crippen LogP contribution in [0.5, 0.6) is 0 Å². The number of esters is 1. The predicted molar refractivity (Wildman–Crippen MR) is 162 cm³/mol. The van der Waals surface area contributed by atoms with Gasteiger partial charge in [0.2, 0.25) is 0 Å². The maximum Gasteiger partial charge on any atom is 0.306 e. The molecule has 1 fully saturated rings. The largest absolute Gasteiger partial charge is 0.466 e. The quantitative estimate of drug-likeness (QED) is 0.226. The molecule has 5 nitrogen and oxygen atoms in total. The van der Waals surface area contributed by atoms with E-state index in [1.807, 2.05) is 49.4 Å². The number of piperidine rings is 1. The maximum atomic E-state index is 13.8. The third-order valence-electron chi connectivity index (χ3n) is 8.37. The second-order valence-corrected chi connectivity index (χ2v) is 11.1. The van der Waals surface area contributed by atoms with E-state index in [2.05, 4.69) is 29.3 Å². The molecule has 0 bridgehead atoms. The van der Waals surface area contributed by atoms with E-state index in [4.69, 9.17) is 4.74 Å². The molecule has 1 unspecified atom stereocenters. The number of nitrogens with one attached hydrogen (secondary N) is 1. The molecule has 218 valence electrons. The van der Waals surface area contributed by atoms with Crippen LogP contribution in [0.25, 0.3) is 11.1 Å². The van der Waals surface area contributed by atoms with Gasteiger partial charge in [-0.15, -0.1) is 0 Å². The normalized spacial score (nSPS) is 15.7. The van der Waals surface area contributed by atoms with E-state index in [0.29, 0.717) is 24.2 Å². The van der Waals surface area contributed by atoms with E-state index < -0.39 is 0 Å². The Balaban J connectivity index is 1.30. The highest BCUT2D eigenvalue weighted by molar-refractivity contribution is 6.01. The topological polar surface area (TPSA) is 58.6 Å². The van der Waals surface area contributed by atoms with Crippen LogP contribution < -0.4 is 5.32 Å². The molecule has 0 radical (unpaired) electrons. The van der Waals surface area contributed by atoms with E-state index in [-0.39, 0.29) is 29.2 Å². The van der Waals surface area contributed by atoms with Crippen molar-refractivity contribution in [3.63, 3.8) is 0 Å². The standard InChI is InChI=1S/C35H43FN2O3/c1-3-24-41-33(39)26-35(4-2,28-13-6-5-7-14-28)20-11-21-38-22-18-30(19-23-38)37-34(40)32-17-9-8-16-31(32)27-12-10-15-29(36)25-27/h5-10,12-17,25,30H,3-4,11,18-24,26H2,1-2H3,(H,37,40). The SMILES string of the molecule is CCCOC(=O)CC(CC)(CCCN1CCC(NC(=O)c2ccccc2-c2cccc(F)c2)CC1)c1ccccc1. The lowest BCUT2D eigenvalue weighted by atomic mass is 9.72. The number of likely N-dealkylation sites (tertiary alicyclic amines) is 1. The first-order chi connectivity index (χ1) is 19.9. The van der Waals surface area contributed by atoms with Gasteiger partial charge in [0.25, 0.3) is 5.91 Å². The van der Waals surface area contributed by atoms with Crippen LogP contribution in [0.15, 0.2) is 78.9 Å². The number of hydrogen-bond donors (Lipinski definition) is 1. The molecule has 1 atom stereocenters. The van der Waals surface area contributed by atoms with Crippen LogP contribution >= 0.6 is 0 Å². The molecule has 0 aliphatic carbocycles. The molecule has 1 amide bonds. The number of carbonyl (C=O) groups excluding carboxylic acids is 2. The number of carbonyl (C=O) groups is 2. The molecule has 41 heavy (non-hydrogen) atoms. The summed E-state index contributed by atoms with van der Waals surface area (Å²) >= 11 is 0. The predicted octanol–water partition coefficient (Wildman–Crippen LogP) is 7.16. The van der Waals surface area contributed by atoms with Crippen molar-refractivity contribution in [2.24, 2.45) is 0 Å². The van der Waals surface area contributed by atoms with E-state index in [0.717, 1.165) is 63.7 Å². The third-order valence-corrected chi connectivity index (χ3v) is 8.37. The Bertz CT molecular complexity index is 1270. The molecule has 4 rings (SSSR count). The fraction of sp³-hybridized carbons (Fsp3) is 0.429. The van der Waals surface area contributed by atoms with Crippen molar-refractivity contribution in [1.29, 1.82) is 0 Å². The second kappa shape index (κ2) is 14.9. The van der Waals surface area contributed by atoms with Crippen LogP contribution in [0.3, 0.4) is 0 Å². The highest BCUT2D eigenvalue weighted by atomic mass is 19.1. The third kappa shape index (κ3) is 8.26. The molecule has 6 heteroatoms. The van der Waals surface area contributed by atoms with Gasteiger partial charge in [0, 0.05) is 30.1 Å². The minimum Gasteiger partial charge on any atom is -0.466 e. The highest BCUT2D eigenvalue weighted by Gasteiger charge is 2.33. The number of nitrogens with zero attached hydrogens (tertiary/aromatic N) is 1. The smallest absolute Gasteiger partial charge is 0.306 e. The molecule has 3 aromatic carbocycles. The summed E-state index contributed by atoms with van der Waals surface area (Å²) in [5.74, 6) is -0.552. The molecule has 1 N–H and O–H groups in total. The molecule has 0 spiro atoms. The second-order valence-electron chi connectivity index (χ2n) is 11.1. The van der Waals surface area contributed by atoms with E-state index in [9.17, 15) is 14.0 Å². The number of hydrogen-bond acceptors (Lipinski definition) is 4. The van der Waals surface area contributed by atoms with Crippen molar-refractivity contribution in [3.05, 3.63) is 95.8 Å². The Morgan fingerprint density at radius 3 is 2.41 bits per heavy atom. The molecule has 0 aromatic heterocycles. The summed E-state index contributed by atoms with van der Waals surface area (Å²) in [5.41, 5.74) is 2.97. The fourth-order valence-corrected chi connectivity index (χ4v) is 5.97. The number of ether oxygens (including phenoxy) is 1. The average molecular weight is 559 g/mol. The van der Waals surface area contributed by atoms with Crippen LogP contribution in [0, 0.1) is 5.82 Å². The Hall–Kier alpha value is -3.51. The minimum absolute atomic E-state index is 0.103. The zero-order valence-corrected chi connectivity index (χ0v) is 24.4. The van der Waals surface area contributed by atoms with Gasteiger partial charge in [-0.05, 0) is 80.0 Å². The van der Waals surface area contributed by atoms with Gasteiger partial charge in [-0.25, -0.2) is 4.39 Å². The van der Waals surface area contributed by atoms with E-state index in [1.165, 1.54) is 17.7 Å². The van der Waals surface area contributed by atoms with Crippen molar-refractivity contribution in [1.82, 2.24) is 10.2 Å². The molecular weight excluding hydrogens is 515 g/mol. The van der Waals surface area contributed by atoms with Gasteiger partial charge in [-0.3, -0.25) is 9.59 Å². The lowest BCUT2D eigenvalue weighted by molar-refractivity contribution is -0.145. The van der Waals surface area contributed by atoms with Crippen molar-refractivity contribution >= 4 is 11.9 Å². The fourth-order valence-electron chi connectivity index (χ4n) is 5.97. The van der Waals surface area contributed by atoms with Crippen molar-refractivity contribution in [2.45, 2.75) is 70.3 Å². The zero-order valence-electron chi connectivity index (χ0n) is 24.4. The van der Waals surface area contributed by atoms with Gasteiger partial charge in [-0.2, -0.15) is 0 Å². The summed E-state index contributed by atoms with van der Waals surface area (Å²) < 4.78 is 19.3. The Kier molecular flexibility index (Phi) is 11.1. The van der Waals surface area contributed by atoms with E-state index >= 15 is 0 Å². The van der Waals surface area contributed by atoms with Gasteiger partial charge < -0.3 is 15.0 Å².